The van der Waals surface area contributed by atoms with E-state index in [0.717, 1.165) is 44.3 Å². The highest BCUT2D eigenvalue weighted by molar-refractivity contribution is 4.89. The molecule has 2 aliphatic rings. The molecular formula is C13H22N4O. The Morgan fingerprint density at radius 2 is 2.17 bits per heavy atom. The zero-order valence-corrected chi connectivity index (χ0v) is 10.8. The SMILES string of the molecule is OC(CC1CCCC1)CN1CCn2ncnc2C1. The Bertz CT molecular complexity index is 386. The van der Waals surface area contributed by atoms with Crippen molar-refractivity contribution in [3.63, 3.8) is 0 Å². The standard InChI is InChI=1S/C13H22N4O/c18-12(7-11-3-1-2-4-11)8-16-5-6-17-13(9-16)14-10-15-17/h10-12,18H,1-9H2. The molecule has 5 nitrogen and oxygen atoms in total. The first-order valence-corrected chi connectivity index (χ1v) is 7.08. The minimum atomic E-state index is -0.178. The number of hydrogen-bond acceptors (Lipinski definition) is 4. The van der Waals surface area contributed by atoms with Gasteiger partial charge in [-0.2, -0.15) is 5.10 Å². The average molecular weight is 250 g/mol. The summed E-state index contributed by atoms with van der Waals surface area (Å²) in [5.74, 6) is 1.78. The van der Waals surface area contributed by atoms with Gasteiger partial charge in [-0.25, -0.2) is 9.67 Å². The molecule has 0 aromatic carbocycles. The molecule has 0 amide bonds. The Kier molecular flexibility index (Phi) is 3.61. The predicted molar refractivity (Wildman–Crippen MR) is 67.9 cm³/mol. The van der Waals surface area contributed by atoms with Crippen LogP contribution in [0.25, 0.3) is 0 Å². The van der Waals surface area contributed by atoms with Gasteiger partial charge < -0.3 is 5.11 Å². The van der Waals surface area contributed by atoms with Crippen molar-refractivity contribution >= 4 is 0 Å². The van der Waals surface area contributed by atoms with Crippen LogP contribution in [-0.4, -0.2) is 44.0 Å². The fourth-order valence-corrected chi connectivity index (χ4v) is 3.27. The van der Waals surface area contributed by atoms with E-state index in [4.69, 9.17) is 0 Å². The van der Waals surface area contributed by atoms with Crippen LogP contribution in [0.3, 0.4) is 0 Å². The molecule has 0 saturated heterocycles. The highest BCUT2D eigenvalue weighted by atomic mass is 16.3. The first kappa shape index (κ1) is 12.1. The lowest BCUT2D eigenvalue weighted by atomic mass is 10.00. The van der Waals surface area contributed by atoms with Crippen LogP contribution in [0.2, 0.25) is 0 Å². The summed E-state index contributed by atoms with van der Waals surface area (Å²) in [6.07, 6.45) is 7.74. The molecule has 3 rings (SSSR count). The number of aliphatic hydroxyl groups excluding tert-OH is 1. The Morgan fingerprint density at radius 1 is 1.33 bits per heavy atom. The largest absolute Gasteiger partial charge is 0.392 e. The van der Waals surface area contributed by atoms with Crippen molar-refractivity contribution < 1.29 is 5.11 Å². The number of aromatic nitrogens is 3. The minimum Gasteiger partial charge on any atom is -0.392 e. The van der Waals surface area contributed by atoms with Gasteiger partial charge in [0.25, 0.3) is 0 Å². The van der Waals surface area contributed by atoms with Crippen LogP contribution < -0.4 is 0 Å². The van der Waals surface area contributed by atoms with E-state index in [9.17, 15) is 5.11 Å². The zero-order valence-electron chi connectivity index (χ0n) is 10.8. The third kappa shape index (κ3) is 2.72. The average Bonchev–Trinajstić information content (AvgIpc) is 2.98. The van der Waals surface area contributed by atoms with Gasteiger partial charge in [-0.05, 0) is 12.3 Å². The van der Waals surface area contributed by atoms with E-state index >= 15 is 0 Å². The molecule has 0 spiro atoms. The first-order chi connectivity index (χ1) is 8.81. The molecule has 1 N–H and O–H groups in total. The summed E-state index contributed by atoms with van der Waals surface area (Å²) >= 11 is 0. The molecule has 1 saturated carbocycles. The maximum Gasteiger partial charge on any atom is 0.141 e. The second kappa shape index (κ2) is 5.36. The van der Waals surface area contributed by atoms with Gasteiger partial charge in [-0.1, -0.05) is 25.7 Å². The van der Waals surface area contributed by atoms with E-state index in [0.29, 0.717) is 0 Å². The van der Waals surface area contributed by atoms with Crippen molar-refractivity contribution in [3.8, 4) is 0 Å². The van der Waals surface area contributed by atoms with Crippen molar-refractivity contribution in [1.29, 1.82) is 0 Å². The molecule has 1 atom stereocenters. The number of nitrogens with zero attached hydrogens (tertiary/aromatic N) is 4. The molecule has 2 heterocycles. The van der Waals surface area contributed by atoms with Crippen molar-refractivity contribution in [1.82, 2.24) is 19.7 Å². The van der Waals surface area contributed by atoms with Gasteiger partial charge in [0, 0.05) is 13.1 Å². The van der Waals surface area contributed by atoms with Crippen molar-refractivity contribution in [2.24, 2.45) is 5.92 Å². The number of rotatable bonds is 4. The van der Waals surface area contributed by atoms with Crippen LogP contribution in [0, 0.1) is 5.92 Å². The highest BCUT2D eigenvalue weighted by Crippen LogP contribution is 2.28. The molecule has 0 bridgehead atoms. The zero-order chi connectivity index (χ0) is 12.4. The Labute approximate surface area is 108 Å². The maximum absolute atomic E-state index is 10.2. The van der Waals surface area contributed by atoms with Gasteiger partial charge in [0.05, 0.1) is 19.2 Å². The van der Waals surface area contributed by atoms with Crippen molar-refractivity contribution in [2.45, 2.75) is 51.3 Å². The Balaban J connectivity index is 1.48. The summed E-state index contributed by atoms with van der Waals surface area (Å²) in [6.45, 7) is 3.47. The summed E-state index contributed by atoms with van der Waals surface area (Å²) in [5.41, 5.74) is 0. The third-order valence-corrected chi connectivity index (χ3v) is 4.24. The third-order valence-electron chi connectivity index (χ3n) is 4.24. The summed E-state index contributed by atoms with van der Waals surface area (Å²) in [7, 11) is 0. The second-order valence-corrected chi connectivity index (χ2v) is 5.67. The number of hydrogen-bond donors (Lipinski definition) is 1. The summed E-state index contributed by atoms with van der Waals surface area (Å²) in [4.78, 5) is 6.54. The van der Waals surface area contributed by atoms with E-state index in [1.165, 1.54) is 25.7 Å². The molecule has 1 unspecified atom stereocenters. The molecule has 5 heteroatoms. The quantitative estimate of drug-likeness (QED) is 0.867. The molecule has 1 aromatic rings. The van der Waals surface area contributed by atoms with E-state index in [1.54, 1.807) is 6.33 Å². The maximum atomic E-state index is 10.2. The first-order valence-electron chi connectivity index (χ1n) is 7.08. The lowest BCUT2D eigenvalue weighted by molar-refractivity contribution is 0.0767. The van der Waals surface area contributed by atoms with E-state index < -0.39 is 0 Å². The molecule has 100 valence electrons. The molecule has 1 aromatic heterocycles. The summed E-state index contributed by atoms with van der Waals surface area (Å²) in [6, 6.07) is 0. The van der Waals surface area contributed by atoms with E-state index in [-0.39, 0.29) is 6.10 Å². The van der Waals surface area contributed by atoms with Crippen LogP contribution in [0.4, 0.5) is 0 Å². The Morgan fingerprint density at radius 3 is 3.00 bits per heavy atom. The lowest BCUT2D eigenvalue weighted by Crippen LogP contribution is -2.39. The highest BCUT2D eigenvalue weighted by Gasteiger charge is 2.23. The van der Waals surface area contributed by atoms with Gasteiger partial charge >= 0.3 is 0 Å². The van der Waals surface area contributed by atoms with Crippen LogP contribution in [0.1, 0.15) is 37.9 Å². The number of aliphatic hydroxyl groups is 1. The fraction of sp³-hybridized carbons (Fsp3) is 0.846. The number of β-amino-alcohol motifs (C(OH)–C–C–N with tert-alkyl or cyclic N) is 1. The van der Waals surface area contributed by atoms with Gasteiger partial charge in [0.15, 0.2) is 0 Å². The van der Waals surface area contributed by atoms with Crippen LogP contribution in [0.15, 0.2) is 6.33 Å². The van der Waals surface area contributed by atoms with Gasteiger partial charge in [-0.15, -0.1) is 0 Å². The van der Waals surface area contributed by atoms with Crippen LogP contribution >= 0.6 is 0 Å². The molecular weight excluding hydrogens is 228 g/mol. The smallest absolute Gasteiger partial charge is 0.141 e. The van der Waals surface area contributed by atoms with Crippen LogP contribution in [-0.2, 0) is 13.1 Å². The second-order valence-electron chi connectivity index (χ2n) is 5.67. The topological polar surface area (TPSA) is 54.2 Å². The Hall–Kier alpha value is -0.940. The lowest BCUT2D eigenvalue weighted by Gasteiger charge is -2.29. The fourth-order valence-electron chi connectivity index (χ4n) is 3.27. The van der Waals surface area contributed by atoms with Crippen molar-refractivity contribution in [3.05, 3.63) is 12.2 Å². The molecule has 1 aliphatic carbocycles. The van der Waals surface area contributed by atoms with Crippen molar-refractivity contribution in [2.75, 3.05) is 13.1 Å². The monoisotopic (exact) mass is 250 g/mol. The minimum absolute atomic E-state index is 0.178. The molecule has 1 aliphatic heterocycles. The van der Waals surface area contributed by atoms with E-state index in [2.05, 4.69) is 15.0 Å². The van der Waals surface area contributed by atoms with Gasteiger partial charge in [0.1, 0.15) is 12.2 Å². The normalized spacial score (nSPS) is 23.2. The summed E-state index contributed by atoms with van der Waals surface area (Å²) in [5, 5.41) is 14.3. The summed E-state index contributed by atoms with van der Waals surface area (Å²) < 4.78 is 1.96. The van der Waals surface area contributed by atoms with Gasteiger partial charge in [-0.3, -0.25) is 4.90 Å². The van der Waals surface area contributed by atoms with Gasteiger partial charge in [0.2, 0.25) is 0 Å². The number of fused-ring (bicyclic) bond motifs is 1. The van der Waals surface area contributed by atoms with Crippen LogP contribution in [0.5, 0.6) is 0 Å². The molecule has 1 fully saturated rings. The molecule has 18 heavy (non-hydrogen) atoms. The molecule has 0 radical (unpaired) electrons. The predicted octanol–water partition coefficient (Wildman–Crippen LogP) is 1.03. The van der Waals surface area contributed by atoms with E-state index in [1.807, 2.05) is 4.68 Å².